The van der Waals surface area contributed by atoms with Crippen LogP contribution in [0.15, 0.2) is 35.7 Å². The molecule has 0 spiro atoms. The molecular weight excluding hydrogens is 358 g/mol. The zero-order valence-electron chi connectivity index (χ0n) is 13.8. The number of nitrogens with zero attached hydrogens (tertiary/aromatic N) is 3. The number of halogens is 1. The predicted molar refractivity (Wildman–Crippen MR) is 98.9 cm³/mol. The van der Waals surface area contributed by atoms with Crippen molar-refractivity contribution in [2.24, 2.45) is 0 Å². The van der Waals surface area contributed by atoms with Gasteiger partial charge in [-0.2, -0.15) is 0 Å². The van der Waals surface area contributed by atoms with E-state index in [9.17, 15) is 9.59 Å². The minimum absolute atomic E-state index is 0.156. The lowest BCUT2D eigenvalue weighted by Gasteiger charge is -2.29. The minimum atomic E-state index is -0.504. The van der Waals surface area contributed by atoms with Crippen molar-refractivity contribution in [2.45, 2.75) is 25.9 Å². The van der Waals surface area contributed by atoms with Crippen LogP contribution in [0, 0.1) is 0 Å². The number of carbonyl (C=O) groups is 2. The van der Waals surface area contributed by atoms with Crippen LogP contribution in [0.2, 0.25) is 5.02 Å². The Morgan fingerprint density at radius 3 is 2.72 bits per heavy atom. The van der Waals surface area contributed by atoms with Crippen LogP contribution in [-0.2, 0) is 17.8 Å². The number of carbonyl (C=O) groups excluding carboxylic acids is 2. The summed E-state index contributed by atoms with van der Waals surface area (Å²) in [6.45, 7) is 3.74. The fraction of sp³-hybridized carbons (Fsp3) is 0.333. The molecule has 1 atom stereocenters. The molecule has 0 saturated carbocycles. The summed E-state index contributed by atoms with van der Waals surface area (Å²) in [5.74, 6) is -0.156. The number of urea groups is 1. The maximum absolute atomic E-state index is 12.9. The topological polar surface area (TPSA) is 43.9 Å². The fourth-order valence-corrected chi connectivity index (χ4v) is 4.44. The van der Waals surface area contributed by atoms with E-state index in [1.54, 1.807) is 47.4 Å². The quantitative estimate of drug-likeness (QED) is 0.770. The molecule has 1 saturated heterocycles. The molecular formula is C18H18ClN3O2S. The molecule has 2 aliphatic heterocycles. The molecule has 0 N–H and O–H groups in total. The monoisotopic (exact) mass is 375 g/mol. The Hall–Kier alpha value is -1.89. The molecule has 0 aliphatic carbocycles. The third kappa shape index (κ3) is 2.94. The molecule has 0 unspecified atom stereocenters. The highest BCUT2D eigenvalue weighted by molar-refractivity contribution is 7.10. The first kappa shape index (κ1) is 16.6. The van der Waals surface area contributed by atoms with Crippen molar-refractivity contribution in [1.29, 1.82) is 0 Å². The molecule has 4 rings (SSSR count). The van der Waals surface area contributed by atoms with Gasteiger partial charge in [0.2, 0.25) is 0 Å². The molecule has 1 fully saturated rings. The number of hydrogen-bond donors (Lipinski definition) is 0. The number of imide groups is 1. The molecule has 25 heavy (non-hydrogen) atoms. The zero-order chi connectivity index (χ0) is 17.6. The number of rotatable bonds is 3. The number of anilines is 1. The fourth-order valence-electron chi connectivity index (χ4n) is 3.42. The van der Waals surface area contributed by atoms with E-state index in [1.165, 1.54) is 15.3 Å². The average Bonchev–Trinajstić information content (AvgIpc) is 3.15. The van der Waals surface area contributed by atoms with E-state index < -0.39 is 6.04 Å². The molecule has 5 nitrogen and oxygen atoms in total. The normalized spacial score (nSPS) is 21.1. The minimum Gasteiger partial charge on any atom is -0.282 e. The van der Waals surface area contributed by atoms with Gasteiger partial charge < -0.3 is 0 Å². The highest BCUT2D eigenvalue weighted by Gasteiger charge is 2.44. The summed E-state index contributed by atoms with van der Waals surface area (Å²) in [6.07, 6.45) is 0.972. The van der Waals surface area contributed by atoms with Gasteiger partial charge in [0.05, 0.1) is 6.67 Å². The van der Waals surface area contributed by atoms with Gasteiger partial charge in [0.15, 0.2) is 0 Å². The molecule has 1 aromatic heterocycles. The second-order valence-electron chi connectivity index (χ2n) is 6.38. The van der Waals surface area contributed by atoms with Gasteiger partial charge in [0.1, 0.15) is 6.04 Å². The van der Waals surface area contributed by atoms with Crippen molar-refractivity contribution >= 4 is 40.6 Å². The van der Waals surface area contributed by atoms with Crippen molar-refractivity contribution in [2.75, 3.05) is 18.1 Å². The van der Waals surface area contributed by atoms with Crippen LogP contribution in [0.5, 0.6) is 0 Å². The molecule has 130 valence electrons. The number of amides is 3. The Morgan fingerprint density at radius 1 is 1.20 bits per heavy atom. The van der Waals surface area contributed by atoms with Crippen LogP contribution in [0.1, 0.15) is 17.4 Å². The van der Waals surface area contributed by atoms with Crippen molar-refractivity contribution < 1.29 is 9.59 Å². The maximum atomic E-state index is 12.9. The molecule has 0 bridgehead atoms. The van der Waals surface area contributed by atoms with Crippen molar-refractivity contribution in [1.82, 2.24) is 9.80 Å². The standard InChI is InChI=1S/C18H18ClN3O2S/c1-12-17(23)21(11-20-8-6-16-13(10-20)7-9-25-16)18(24)22(12)15-4-2-14(19)3-5-15/h2-5,7,9,12H,6,8,10-11H2,1H3/t12-/m0/s1. The van der Waals surface area contributed by atoms with Crippen molar-refractivity contribution in [3.8, 4) is 0 Å². The van der Waals surface area contributed by atoms with Crippen LogP contribution in [-0.4, -0.2) is 41.0 Å². The van der Waals surface area contributed by atoms with Crippen LogP contribution in [0.3, 0.4) is 0 Å². The van der Waals surface area contributed by atoms with Gasteiger partial charge in [-0.1, -0.05) is 11.6 Å². The Bertz CT molecular complexity index is 820. The van der Waals surface area contributed by atoms with Crippen molar-refractivity contribution in [3.63, 3.8) is 0 Å². The van der Waals surface area contributed by atoms with Crippen LogP contribution < -0.4 is 4.90 Å². The van der Waals surface area contributed by atoms with E-state index in [2.05, 4.69) is 16.3 Å². The van der Waals surface area contributed by atoms with E-state index in [0.29, 0.717) is 17.4 Å². The Balaban J connectivity index is 1.52. The predicted octanol–water partition coefficient (Wildman–Crippen LogP) is 3.57. The van der Waals surface area contributed by atoms with Gasteiger partial charge in [0, 0.05) is 28.7 Å². The molecule has 7 heteroatoms. The SMILES string of the molecule is C[C@H]1C(=O)N(CN2CCc3sccc3C2)C(=O)N1c1ccc(Cl)cc1. The van der Waals surface area contributed by atoms with Gasteiger partial charge in [-0.25, -0.2) is 9.69 Å². The first-order chi connectivity index (χ1) is 12.0. The highest BCUT2D eigenvalue weighted by Crippen LogP contribution is 2.29. The van der Waals surface area contributed by atoms with Gasteiger partial charge in [-0.3, -0.25) is 14.6 Å². The summed E-state index contributed by atoms with van der Waals surface area (Å²) >= 11 is 7.70. The van der Waals surface area contributed by atoms with Gasteiger partial charge in [0.25, 0.3) is 5.91 Å². The van der Waals surface area contributed by atoms with Gasteiger partial charge in [-0.05, 0) is 54.6 Å². The van der Waals surface area contributed by atoms with Gasteiger partial charge >= 0.3 is 6.03 Å². The largest absolute Gasteiger partial charge is 0.333 e. The third-order valence-electron chi connectivity index (χ3n) is 4.78. The molecule has 2 aliphatic rings. The number of fused-ring (bicyclic) bond motifs is 1. The summed E-state index contributed by atoms with van der Waals surface area (Å²) in [5.41, 5.74) is 1.99. The van der Waals surface area contributed by atoms with E-state index in [-0.39, 0.29) is 11.9 Å². The molecule has 3 heterocycles. The third-order valence-corrected chi connectivity index (χ3v) is 6.06. The summed E-state index contributed by atoms with van der Waals surface area (Å²) in [5, 5.41) is 2.70. The second kappa shape index (κ2) is 6.44. The van der Waals surface area contributed by atoms with E-state index in [0.717, 1.165) is 19.5 Å². The summed E-state index contributed by atoms with van der Waals surface area (Å²) in [6, 6.07) is 8.35. The molecule has 3 amide bonds. The summed E-state index contributed by atoms with van der Waals surface area (Å²) in [7, 11) is 0. The number of thiophene rings is 1. The summed E-state index contributed by atoms with van der Waals surface area (Å²) in [4.78, 5) is 32.0. The zero-order valence-corrected chi connectivity index (χ0v) is 15.4. The van der Waals surface area contributed by atoms with Gasteiger partial charge in [-0.15, -0.1) is 11.3 Å². The average molecular weight is 376 g/mol. The first-order valence-corrected chi connectivity index (χ1v) is 9.48. The smallest absolute Gasteiger partial charge is 0.282 e. The maximum Gasteiger partial charge on any atom is 0.333 e. The molecule has 2 aromatic rings. The Kier molecular flexibility index (Phi) is 4.27. The van der Waals surface area contributed by atoms with Crippen LogP contribution in [0.25, 0.3) is 0 Å². The molecule has 0 radical (unpaired) electrons. The van der Waals surface area contributed by atoms with E-state index >= 15 is 0 Å². The first-order valence-electron chi connectivity index (χ1n) is 8.22. The Labute approximate surface area is 155 Å². The number of benzene rings is 1. The van der Waals surface area contributed by atoms with Crippen molar-refractivity contribution in [3.05, 3.63) is 51.2 Å². The lowest BCUT2D eigenvalue weighted by Crippen LogP contribution is -2.44. The number of hydrogen-bond acceptors (Lipinski definition) is 4. The lowest BCUT2D eigenvalue weighted by molar-refractivity contribution is -0.128. The van der Waals surface area contributed by atoms with Crippen LogP contribution >= 0.6 is 22.9 Å². The summed E-state index contributed by atoms with van der Waals surface area (Å²) < 4.78 is 0. The molecule has 1 aromatic carbocycles. The van der Waals surface area contributed by atoms with Crippen LogP contribution in [0.4, 0.5) is 10.5 Å². The second-order valence-corrected chi connectivity index (χ2v) is 7.82. The van der Waals surface area contributed by atoms with E-state index in [4.69, 9.17) is 11.6 Å². The van der Waals surface area contributed by atoms with E-state index in [1.807, 2.05) is 0 Å². The highest BCUT2D eigenvalue weighted by atomic mass is 35.5. The lowest BCUT2D eigenvalue weighted by atomic mass is 10.1. The Morgan fingerprint density at radius 2 is 1.96 bits per heavy atom.